The van der Waals surface area contributed by atoms with E-state index in [1.54, 1.807) is 0 Å². The second-order valence-corrected chi connectivity index (χ2v) is 10.5. The molecule has 0 aliphatic carbocycles. The van der Waals surface area contributed by atoms with Crippen LogP contribution in [0.3, 0.4) is 0 Å². The van der Waals surface area contributed by atoms with Gasteiger partial charge in [-0.3, -0.25) is 9.59 Å². The van der Waals surface area contributed by atoms with Crippen LogP contribution in [0.25, 0.3) is 0 Å². The van der Waals surface area contributed by atoms with Crippen LogP contribution in [0, 0.1) is 6.92 Å². The minimum atomic E-state index is -0.860. The van der Waals surface area contributed by atoms with Gasteiger partial charge in [-0.1, -0.05) is 90.1 Å². The number of rotatable bonds is 11. The van der Waals surface area contributed by atoms with E-state index in [1.807, 2.05) is 91.9 Å². The first-order valence-corrected chi connectivity index (χ1v) is 13.8. The second kappa shape index (κ2) is 14.3. The van der Waals surface area contributed by atoms with Gasteiger partial charge in [0.05, 0.1) is 13.2 Å². The maximum absolute atomic E-state index is 12.2. The Morgan fingerprint density at radius 1 is 0.744 bits per heavy atom. The van der Waals surface area contributed by atoms with Gasteiger partial charge in [0.15, 0.2) is 6.10 Å². The Balaban J connectivity index is 1.67. The van der Waals surface area contributed by atoms with Crippen molar-refractivity contribution in [2.75, 3.05) is 6.61 Å². The van der Waals surface area contributed by atoms with E-state index < -0.39 is 41.8 Å². The zero-order valence-electron chi connectivity index (χ0n) is 22.4. The number of esters is 2. The Bertz CT molecular complexity index is 1190. The van der Waals surface area contributed by atoms with Crippen LogP contribution in [-0.2, 0) is 46.5 Å². The standard InChI is InChI=1S/C31H34O7S/c1-21-14-16-26(17-15-21)39-31-30(36-19-25-12-8-5-9-13-25)29(35-18-24-10-6-4-7-11-24)28(37-23(3)33)27(38-31)20-34-22(2)32/h4-17,27-31H,18-20H2,1-3H3/t27-,28+,29+,30-,31+/m1/s1. The molecule has 0 spiro atoms. The minimum Gasteiger partial charge on any atom is -0.463 e. The lowest BCUT2D eigenvalue weighted by Gasteiger charge is -2.45. The van der Waals surface area contributed by atoms with Crippen LogP contribution in [0.5, 0.6) is 0 Å². The summed E-state index contributed by atoms with van der Waals surface area (Å²) in [5, 5.41) is 0. The highest BCUT2D eigenvalue weighted by molar-refractivity contribution is 7.99. The van der Waals surface area contributed by atoms with Crippen LogP contribution in [0.2, 0.25) is 0 Å². The first kappa shape index (κ1) is 28.8. The second-order valence-electron chi connectivity index (χ2n) is 9.37. The van der Waals surface area contributed by atoms with Crippen LogP contribution in [0.1, 0.15) is 30.5 Å². The van der Waals surface area contributed by atoms with Crippen molar-refractivity contribution in [3.05, 3.63) is 102 Å². The topological polar surface area (TPSA) is 80.3 Å². The van der Waals surface area contributed by atoms with Gasteiger partial charge in [0.1, 0.15) is 30.4 Å². The smallest absolute Gasteiger partial charge is 0.303 e. The average Bonchev–Trinajstić information content (AvgIpc) is 2.93. The summed E-state index contributed by atoms with van der Waals surface area (Å²) < 4.78 is 30.5. The largest absolute Gasteiger partial charge is 0.463 e. The van der Waals surface area contributed by atoms with E-state index in [0.717, 1.165) is 21.6 Å². The van der Waals surface area contributed by atoms with Crippen LogP contribution >= 0.6 is 11.8 Å². The Hall–Kier alpha value is -3.17. The SMILES string of the molecule is CC(=O)OC[C@H]1O[C@@H](Sc2ccc(C)cc2)[C@H](OCc2ccccc2)[C@@H](OCc2ccccc2)[C@H]1OC(C)=O. The van der Waals surface area contributed by atoms with Crippen LogP contribution in [0.4, 0.5) is 0 Å². The molecule has 1 aliphatic heterocycles. The Morgan fingerprint density at radius 3 is 1.85 bits per heavy atom. The number of benzene rings is 3. The summed E-state index contributed by atoms with van der Waals surface area (Å²) in [7, 11) is 0. The molecular weight excluding hydrogens is 516 g/mol. The number of carbonyl (C=O) groups is 2. The molecule has 0 aromatic heterocycles. The predicted octanol–water partition coefficient (Wildman–Crippen LogP) is 5.48. The molecule has 0 N–H and O–H groups in total. The molecule has 8 heteroatoms. The van der Waals surface area contributed by atoms with Crippen molar-refractivity contribution in [2.24, 2.45) is 0 Å². The molecule has 5 atom stereocenters. The molecule has 1 heterocycles. The molecule has 3 aromatic rings. The fourth-order valence-electron chi connectivity index (χ4n) is 4.29. The summed E-state index contributed by atoms with van der Waals surface area (Å²) in [4.78, 5) is 24.9. The lowest BCUT2D eigenvalue weighted by molar-refractivity contribution is -0.246. The number of thioether (sulfide) groups is 1. The molecule has 1 saturated heterocycles. The van der Waals surface area contributed by atoms with Gasteiger partial charge in [-0.05, 0) is 30.2 Å². The molecule has 0 unspecified atom stereocenters. The molecule has 1 fully saturated rings. The van der Waals surface area contributed by atoms with Gasteiger partial charge in [-0.2, -0.15) is 0 Å². The minimum absolute atomic E-state index is 0.0885. The monoisotopic (exact) mass is 550 g/mol. The van der Waals surface area contributed by atoms with Gasteiger partial charge in [0.25, 0.3) is 0 Å². The van der Waals surface area contributed by atoms with Crippen LogP contribution in [0.15, 0.2) is 89.8 Å². The molecular formula is C31H34O7S. The molecule has 0 saturated carbocycles. The average molecular weight is 551 g/mol. The molecule has 3 aromatic carbocycles. The highest BCUT2D eigenvalue weighted by atomic mass is 32.2. The molecule has 0 amide bonds. The molecule has 0 bridgehead atoms. The van der Waals surface area contributed by atoms with Crippen molar-refractivity contribution in [2.45, 2.75) is 68.7 Å². The first-order chi connectivity index (χ1) is 18.9. The van der Waals surface area contributed by atoms with E-state index in [2.05, 4.69) is 0 Å². The molecule has 0 radical (unpaired) electrons. The van der Waals surface area contributed by atoms with Gasteiger partial charge in [-0.25, -0.2) is 0 Å². The maximum Gasteiger partial charge on any atom is 0.303 e. The fraction of sp³-hybridized carbons (Fsp3) is 0.355. The van der Waals surface area contributed by atoms with Gasteiger partial charge < -0.3 is 23.7 Å². The zero-order chi connectivity index (χ0) is 27.6. The summed E-state index contributed by atoms with van der Waals surface area (Å²) >= 11 is 1.49. The summed E-state index contributed by atoms with van der Waals surface area (Å²) in [6, 6.07) is 27.7. The van der Waals surface area contributed by atoms with E-state index >= 15 is 0 Å². The maximum atomic E-state index is 12.2. The number of ether oxygens (including phenoxy) is 5. The summed E-state index contributed by atoms with van der Waals surface area (Å²) in [5.74, 6) is -0.941. The Labute approximate surface area is 233 Å². The van der Waals surface area contributed by atoms with Crippen LogP contribution in [-0.4, -0.2) is 48.4 Å². The third-order valence-electron chi connectivity index (χ3n) is 6.19. The molecule has 1 aliphatic rings. The van der Waals surface area contributed by atoms with Crippen LogP contribution < -0.4 is 0 Å². The van der Waals surface area contributed by atoms with E-state index in [0.29, 0.717) is 6.61 Å². The van der Waals surface area contributed by atoms with E-state index in [-0.39, 0.29) is 13.2 Å². The van der Waals surface area contributed by atoms with Crippen molar-refractivity contribution in [1.82, 2.24) is 0 Å². The number of carbonyl (C=O) groups excluding carboxylic acids is 2. The lowest BCUT2D eigenvalue weighted by Crippen LogP contribution is -2.60. The van der Waals surface area contributed by atoms with Gasteiger partial charge >= 0.3 is 11.9 Å². The van der Waals surface area contributed by atoms with Crippen molar-refractivity contribution < 1.29 is 33.3 Å². The molecule has 7 nitrogen and oxygen atoms in total. The number of hydrogen-bond acceptors (Lipinski definition) is 8. The van der Waals surface area contributed by atoms with Crippen molar-refractivity contribution in [3.63, 3.8) is 0 Å². The summed E-state index contributed by atoms with van der Waals surface area (Å²) in [6.45, 7) is 5.20. The molecule has 206 valence electrons. The first-order valence-electron chi connectivity index (χ1n) is 12.9. The van der Waals surface area contributed by atoms with Gasteiger partial charge in [0, 0.05) is 18.7 Å². The van der Waals surface area contributed by atoms with Crippen molar-refractivity contribution in [3.8, 4) is 0 Å². The molecule has 4 rings (SSSR count). The highest BCUT2D eigenvalue weighted by Gasteiger charge is 2.50. The Morgan fingerprint density at radius 2 is 1.31 bits per heavy atom. The quantitative estimate of drug-likeness (QED) is 0.291. The van der Waals surface area contributed by atoms with E-state index in [9.17, 15) is 9.59 Å². The number of hydrogen-bond donors (Lipinski definition) is 0. The third kappa shape index (κ3) is 8.66. The number of aryl methyl sites for hydroxylation is 1. The normalized spacial score (nSPS) is 22.7. The lowest BCUT2D eigenvalue weighted by atomic mass is 9.99. The molecule has 39 heavy (non-hydrogen) atoms. The van der Waals surface area contributed by atoms with Gasteiger partial charge in [0.2, 0.25) is 0 Å². The van der Waals surface area contributed by atoms with Crippen molar-refractivity contribution >= 4 is 23.7 Å². The van der Waals surface area contributed by atoms with Crippen molar-refractivity contribution in [1.29, 1.82) is 0 Å². The van der Waals surface area contributed by atoms with E-state index in [1.165, 1.54) is 25.6 Å². The highest BCUT2D eigenvalue weighted by Crippen LogP contribution is 2.38. The fourth-order valence-corrected chi connectivity index (χ4v) is 5.42. The Kier molecular flexibility index (Phi) is 10.6. The van der Waals surface area contributed by atoms with E-state index in [4.69, 9.17) is 23.7 Å². The summed E-state index contributed by atoms with van der Waals surface area (Å²) in [5.41, 5.74) is 2.56. The summed E-state index contributed by atoms with van der Waals surface area (Å²) in [6.07, 6.45) is -2.92. The third-order valence-corrected chi connectivity index (χ3v) is 7.34. The predicted molar refractivity (Wildman–Crippen MR) is 148 cm³/mol. The van der Waals surface area contributed by atoms with Gasteiger partial charge in [-0.15, -0.1) is 0 Å². The zero-order valence-corrected chi connectivity index (χ0v) is 23.2.